The molecule has 89 valence electrons. The topological polar surface area (TPSA) is 35.2 Å². The highest BCUT2D eigenvalue weighted by Gasteiger charge is 2.21. The van der Waals surface area contributed by atoms with Crippen LogP contribution in [0.25, 0.3) is 0 Å². The Kier molecular flexibility index (Phi) is 2.96. The van der Waals surface area contributed by atoms with Crippen molar-refractivity contribution in [2.75, 3.05) is 0 Å². The second kappa shape index (κ2) is 4.92. The Morgan fingerprint density at radius 1 is 1.17 bits per heavy atom. The van der Waals surface area contributed by atoms with Gasteiger partial charge in [0.2, 0.25) is 0 Å². The van der Waals surface area contributed by atoms with E-state index in [1.165, 1.54) is 5.56 Å². The van der Waals surface area contributed by atoms with E-state index < -0.39 is 6.98 Å². The molecule has 1 atom stereocenters. The van der Waals surface area contributed by atoms with Gasteiger partial charge in [-0.1, -0.05) is 35.9 Å². The normalized spacial score (nSPS) is 15.2. The van der Waals surface area contributed by atoms with Crippen LogP contribution in [0.3, 0.4) is 0 Å². The highest BCUT2D eigenvalue weighted by molar-refractivity contribution is 6.53. The molecule has 1 unspecified atom stereocenters. The van der Waals surface area contributed by atoms with Gasteiger partial charge in [0.05, 0.1) is 0 Å². The van der Waals surface area contributed by atoms with Crippen LogP contribution in [-0.2, 0) is 6.32 Å². The number of aromatic nitrogens is 2. The van der Waals surface area contributed by atoms with Crippen molar-refractivity contribution in [2.45, 2.75) is 6.32 Å². The Labute approximate surface area is 106 Å². The van der Waals surface area contributed by atoms with Gasteiger partial charge >= 0.3 is 0 Å². The van der Waals surface area contributed by atoms with Crippen LogP contribution in [0, 0.1) is 0 Å². The second-order valence-corrected chi connectivity index (χ2v) is 4.42. The van der Waals surface area contributed by atoms with Gasteiger partial charge in [-0.2, -0.15) is 0 Å². The van der Waals surface area contributed by atoms with Gasteiger partial charge in [-0.3, -0.25) is 0 Å². The van der Waals surface area contributed by atoms with Crippen molar-refractivity contribution in [1.29, 1.82) is 0 Å². The summed E-state index contributed by atoms with van der Waals surface area (Å²) >= 11 is 0. The third-order valence-electron chi connectivity index (χ3n) is 3.22. The maximum atomic E-state index is 4.36. The summed E-state index contributed by atoms with van der Waals surface area (Å²) in [7, 11) is 0. The molecule has 5 heteroatoms. The van der Waals surface area contributed by atoms with Crippen molar-refractivity contribution in [3.63, 3.8) is 0 Å². The maximum Gasteiger partial charge on any atom is 0.272 e. The molecule has 1 radical (unpaired) electrons. The fourth-order valence-corrected chi connectivity index (χ4v) is 2.31. The molecule has 0 fully saturated rings. The van der Waals surface area contributed by atoms with Crippen LogP contribution in [0.2, 0.25) is 0 Å². The molecule has 0 saturated heterocycles. The summed E-state index contributed by atoms with van der Waals surface area (Å²) in [6, 6.07) is 12.4. The molecule has 0 amide bonds. The molecule has 0 spiro atoms. The van der Waals surface area contributed by atoms with E-state index in [-0.39, 0.29) is 0 Å². The van der Waals surface area contributed by atoms with E-state index in [0.717, 1.165) is 6.32 Å². The highest BCUT2D eigenvalue weighted by atomic mass is 15.5. The summed E-state index contributed by atoms with van der Waals surface area (Å²) in [6.45, 7) is -0.849. The van der Waals surface area contributed by atoms with Crippen molar-refractivity contribution in [1.82, 2.24) is 19.7 Å². The molecular formula is C13H14BN4. The van der Waals surface area contributed by atoms with Crippen molar-refractivity contribution < 1.29 is 0 Å². The van der Waals surface area contributed by atoms with Crippen molar-refractivity contribution in [2.24, 2.45) is 0 Å². The summed E-state index contributed by atoms with van der Waals surface area (Å²) in [5, 5.41) is 8.72. The minimum Gasteiger partial charge on any atom is -0.420 e. The summed E-state index contributed by atoms with van der Waals surface area (Å²) in [5.74, 6) is 0. The Morgan fingerprint density at radius 3 is 2.72 bits per heavy atom. The zero-order valence-corrected chi connectivity index (χ0v) is 10.1. The molecule has 2 heterocycles. The first-order chi connectivity index (χ1) is 8.93. The molecule has 0 aliphatic carbocycles. The monoisotopic (exact) mass is 237 g/mol. The summed E-state index contributed by atoms with van der Waals surface area (Å²) in [4.78, 5) is 2.01. The third-order valence-corrected chi connectivity index (χ3v) is 3.22. The Balaban J connectivity index is 1.86. The zero-order valence-electron chi connectivity index (χ0n) is 10.1. The van der Waals surface area contributed by atoms with E-state index in [9.17, 15) is 0 Å². The quantitative estimate of drug-likeness (QED) is 0.740. The van der Waals surface area contributed by atoms with Crippen LogP contribution < -0.4 is 5.10 Å². The van der Waals surface area contributed by atoms with Crippen molar-refractivity contribution in [3.8, 4) is 0 Å². The van der Waals surface area contributed by atoms with Crippen molar-refractivity contribution >= 4 is 13.2 Å². The SMILES string of the molecule is C1=CN([BH-](Cc2ccccc2)n2cccn2)[N+]=C1. The molecule has 1 aromatic carbocycles. The highest BCUT2D eigenvalue weighted by Crippen LogP contribution is 2.07. The van der Waals surface area contributed by atoms with Gasteiger partial charge in [-0.25, -0.2) is 10.0 Å². The molecular weight excluding hydrogens is 223 g/mol. The lowest BCUT2D eigenvalue weighted by molar-refractivity contribution is 0.539. The smallest absolute Gasteiger partial charge is 0.272 e. The number of allylic oxidation sites excluding steroid dienone is 1. The summed E-state index contributed by atoms with van der Waals surface area (Å²) in [5.41, 5.74) is 1.31. The van der Waals surface area contributed by atoms with E-state index in [1.807, 2.05) is 52.5 Å². The lowest BCUT2D eigenvalue weighted by atomic mass is 9.69. The molecule has 2 aromatic rings. The average Bonchev–Trinajstić information content (AvgIpc) is 3.11. The zero-order chi connectivity index (χ0) is 12.2. The number of hydrogen-bond donors (Lipinski definition) is 0. The molecule has 0 bridgehead atoms. The van der Waals surface area contributed by atoms with Crippen molar-refractivity contribution in [3.05, 3.63) is 66.6 Å². The van der Waals surface area contributed by atoms with Gasteiger partial charge in [0.1, 0.15) is 5.10 Å². The first kappa shape index (κ1) is 10.8. The van der Waals surface area contributed by atoms with Gasteiger partial charge in [0.15, 0.2) is 0 Å². The largest absolute Gasteiger partial charge is 0.420 e. The Morgan fingerprint density at radius 2 is 2.06 bits per heavy atom. The van der Waals surface area contributed by atoms with Crippen LogP contribution in [0.5, 0.6) is 0 Å². The van der Waals surface area contributed by atoms with Crippen LogP contribution in [-0.4, -0.2) is 27.8 Å². The van der Waals surface area contributed by atoms with Gasteiger partial charge in [0.25, 0.3) is 13.2 Å². The molecule has 1 aliphatic rings. The number of hydrogen-bond acceptors (Lipinski definition) is 3. The first-order valence-electron chi connectivity index (χ1n) is 6.16. The molecule has 3 rings (SSSR count). The Bertz CT molecular complexity index is 536. The van der Waals surface area contributed by atoms with E-state index in [1.54, 1.807) is 0 Å². The molecule has 1 aromatic heterocycles. The van der Waals surface area contributed by atoms with Crippen LogP contribution >= 0.6 is 0 Å². The number of benzene rings is 1. The average molecular weight is 237 g/mol. The summed E-state index contributed by atoms with van der Waals surface area (Å²) < 4.78 is 2.01. The van der Waals surface area contributed by atoms with Crippen LogP contribution in [0.1, 0.15) is 5.56 Å². The van der Waals surface area contributed by atoms with Gasteiger partial charge < -0.3 is 4.59 Å². The van der Waals surface area contributed by atoms with E-state index in [2.05, 4.69) is 34.5 Å². The Hall–Kier alpha value is -2.30. The standard InChI is InChI=1S/C13H14BN4/c1-2-6-13(7-3-1)12-14(17-10-4-8-15-17)18-11-5-9-16-18/h1-11,14H,12H2. The molecule has 18 heavy (non-hydrogen) atoms. The summed E-state index contributed by atoms with van der Waals surface area (Å²) in [6.07, 6.45) is 10.5. The molecule has 0 saturated carbocycles. The number of rotatable bonds is 4. The first-order valence-corrected chi connectivity index (χ1v) is 6.16. The van der Waals surface area contributed by atoms with Gasteiger partial charge in [-0.15, -0.1) is 6.32 Å². The predicted octanol–water partition coefficient (Wildman–Crippen LogP) is 0.884. The van der Waals surface area contributed by atoms with Gasteiger partial charge in [0, 0.05) is 18.5 Å². The molecule has 1 aliphatic heterocycles. The molecule has 4 nitrogen and oxygen atoms in total. The predicted molar refractivity (Wildman–Crippen MR) is 74.1 cm³/mol. The third kappa shape index (κ3) is 2.20. The number of hydrazone groups is 1. The lowest BCUT2D eigenvalue weighted by Crippen LogP contribution is -2.44. The van der Waals surface area contributed by atoms with Crippen LogP contribution in [0.4, 0.5) is 0 Å². The second-order valence-electron chi connectivity index (χ2n) is 4.42. The minimum atomic E-state index is -0.849. The maximum absolute atomic E-state index is 4.36. The van der Waals surface area contributed by atoms with E-state index in [0.29, 0.717) is 0 Å². The van der Waals surface area contributed by atoms with E-state index >= 15 is 0 Å². The fourth-order valence-electron chi connectivity index (χ4n) is 2.31. The number of nitrogens with zero attached hydrogens (tertiary/aromatic N) is 4. The minimum absolute atomic E-state index is 0.849. The molecule has 0 N–H and O–H groups in total. The lowest BCUT2D eigenvalue weighted by Gasteiger charge is -2.25. The fraction of sp³-hybridized carbons (Fsp3) is 0.0769. The van der Waals surface area contributed by atoms with Gasteiger partial charge in [-0.05, 0) is 12.3 Å². The van der Waals surface area contributed by atoms with E-state index in [4.69, 9.17) is 0 Å². The van der Waals surface area contributed by atoms with Crippen LogP contribution in [0.15, 0.2) is 61.1 Å².